The van der Waals surface area contributed by atoms with Crippen molar-refractivity contribution in [3.63, 3.8) is 0 Å². The van der Waals surface area contributed by atoms with Gasteiger partial charge in [-0.25, -0.2) is 4.39 Å². The van der Waals surface area contributed by atoms with Crippen LogP contribution < -0.4 is 5.32 Å². The molecule has 0 radical (unpaired) electrons. The Kier molecular flexibility index (Phi) is 4.36. The van der Waals surface area contributed by atoms with Crippen LogP contribution >= 0.6 is 0 Å². The molecular weight excluding hydrogens is 229 g/mol. The van der Waals surface area contributed by atoms with Crippen LogP contribution in [0, 0.1) is 5.82 Å². The standard InChI is InChI=1S/C15H22FNO/c1-12(10-13-4-6-14(16)7-5-13)17-11-15(18)8-2-3-9-15/h4-7,12,17-18H,2-3,8-11H2,1H3. The Bertz CT molecular complexity index is 371. The van der Waals surface area contributed by atoms with Gasteiger partial charge in [-0.3, -0.25) is 0 Å². The first-order valence-electron chi connectivity index (χ1n) is 6.78. The average molecular weight is 251 g/mol. The Morgan fingerprint density at radius 1 is 1.28 bits per heavy atom. The van der Waals surface area contributed by atoms with Crippen molar-refractivity contribution in [3.05, 3.63) is 35.6 Å². The van der Waals surface area contributed by atoms with Crippen LogP contribution in [0.1, 0.15) is 38.2 Å². The summed E-state index contributed by atoms with van der Waals surface area (Å²) in [4.78, 5) is 0. The third-order valence-corrected chi connectivity index (χ3v) is 3.77. The number of halogens is 1. The lowest BCUT2D eigenvalue weighted by molar-refractivity contribution is 0.0454. The molecule has 2 rings (SSSR count). The molecule has 1 fully saturated rings. The Labute approximate surface area is 108 Å². The lowest BCUT2D eigenvalue weighted by Gasteiger charge is -2.25. The van der Waals surface area contributed by atoms with Crippen LogP contribution in [0.4, 0.5) is 4.39 Å². The molecule has 18 heavy (non-hydrogen) atoms. The highest BCUT2D eigenvalue weighted by molar-refractivity contribution is 5.17. The Morgan fingerprint density at radius 3 is 2.50 bits per heavy atom. The first-order valence-corrected chi connectivity index (χ1v) is 6.78. The summed E-state index contributed by atoms with van der Waals surface area (Å²) in [6.07, 6.45) is 4.93. The topological polar surface area (TPSA) is 32.3 Å². The molecule has 1 atom stereocenters. The Hall–Kier alpha value is -0.930. The molecule has 1 aromatic rings. The predicted molar refractivity (Wildman–Crippen MR) is 71.0 cm³/mol. The molecule has 0 amide bonds. The quantitative estimate of drug-likeness (QED) is 0.843. The minimum Gasteiger partial charge on any atom is -0.389 e. The molecule has 1 unspecified atom stereocenters. The van der Waals surface area contributed by atoms with Crippen molar-refractivity contribution >= 4 is 0 Å². The van der Waals surface area contributed by atoms with Crippen LogP contribution in [-0.4, -0.2) is 23.3 Å². The largest absolute Gasteiger partial charge is 0.389 e. The highest BCUT2D eigenvalue weighted by atomic mass is 19.1. The number of rotatable bonds is 5. The van der Waals surface area contributed by atoms with Gasteiger partial charge in [0.15, 0.2) is 0 Å². The van der Waals surface area contributed by atoms with E-state index in [1.165, 1.54) is 12.1 Å². The Morgan fingerprint density at radius 2 is 1.89 bits per heavy atom. The molecule has 0 heterocycles. The maximum atomic E-state index is 12.8. The summed E-state index contributed by atoms with van der Waals surface area (Å²) >= 11 is 0. The van der Waals surface area contributed by atoms with Crippen molar-refractivity contribution in [2.75, 3.05) is 6.54 Å². The predicted octanol–water partition coefficient (Wildman–Crippen LogP) is 2.65. The molecule has 1 saturated carbocycles. The van der Waals surface area contributed by atoms with Crippen molar-refractivity contribution < 1.29 is 9.50 Å². The summed E-state index contributed by atoms with van der Waals surface area (Å²) in [5.41, 5.74) is 0.617. The van der Waals surface area contributed by atoms with E-state index >= 15 is 0 Å². The van der Waals surface area contributed by atoms with Gasteiger partial charge < -0.3 is 10.4 Å². The zero-order chi connectivity index (χ0) is 13.0. The van der Waals surface area contributed by atoms with E-state index in [2.05, 4.69) is 12.2 Å². The van der Waals surface area contributed by atoms with Crippen LogP contribution in [0.25, 0.3) is 0 Å². The fourth-order valence-electron chi connectivity index (χ4n) is 2.62. The SMILES string of the molecule is CC(Cc1ccc(F)cc1)NCC1(O)CCCC1. The smallest absolute Gasteiger partial charge is 0.123 e. The molecule has 3 heteroatoms. The second kappa shape index (κ2) is 5.81. The van der Waals surface area contributed by atoms with E-state index in [0.717, 1.165) is 37.7 Å². The average Bonchev–Trinajstić information content (AvgIpc) is 2.78. The highest BCUT2D eigenvalue weighted by Crippen LogP contribution is 2.28. The van der Waals surface area contributed by atoms with Crippen LogP contribution in [0.5, 0.6) is 0 Å². The van der Waals surface area contributed by atoms with Gasteiger partial charge >= 0.3 is 0 Å². The second-order valence-corrected chi connectivity index (χ2v) is 5.54. The number of benzene rings is 1. The first kappa shape index (κ1) is 13.5. The van der Waals surface area contributed by atoms with Crippen molar-refractivity contribution in [1.29, 1.82) is 0 Å². The van der Waals surface area contributed by atoms with E-state index in [0.29, 0.717) is 12.6 Å². The lowest BCUT2D eigenvalue weighted by atomic mass is 10.0. The van der Waals surface area contributed by atoms with Crippen LogP contribution in [0.2, 0.25) is 0 Å². The molecule has 0 aliphatic heterocycles. The normalized spacial score (nSPS) is 19.9. The minimum absolute atomic E-state index is 0.195. The van der Waals surface area contributed by atoms with Crippen LogP contribution in [0.3, 0.4) is 0 Å². The summed E-state index contributed by atoms with van der Waals surface area (Å²) in [5, 5.41) is 13.6. The van der Waals surface area contributed by atoms with E-state index in [1.807, 2.05) is 12.1 Å². The fraction of sp³-hybridized carbons (Fsp3) is 0.600. The number of hydrogen-bond acceptors (Lipinski definition) is 2. The van der Waals surface area contributed by atoms with Gasteiger partial charge in [0.1, 0.15) is 5.82 Å². The van der Waals surface area contributed by atoms with Gasteiger partial charge in [0.25, 0.3) is 0 Å². The van der Waals surface area contributed by atoms with E-state index in [-0.39, 0.29) is 5.82 Å². The van der Waals surface area contributed by atoms with Crippen molar-refractivity contribution in [2.45, 2.75) is 50.7 Å². The molecular formula is C15H22FNO. The maximum absolute atomic E-state index is 12.8. The first-order chi connectivity index (χ1) is 8.57. The van der Waals surface area contributed by atoms with Gasteiger partial charge in [0.2, 0.25) is 0 Å². The number of aliphatic hydroxyl groups is 1. The fourth-order valence-corrected chi connectivity index (χ4v) is 2.62. The third kappa shape index (κ3) is 3.79. The van der Waals surface area contributed by atoms with Crippen LogP contribution in [0.15, 0.2) is 24.3 Å². The summed E-state index contributed by atoms with van der Waals surface area (Å²) in [6.45, 7) is 2.76. The van der Waals surface area contributed by atoms with Crippen molar-refractivity contribution in [1.82, 2.24) is 5.32 Å². The van der Waals surface area contributed by atoms with E-state index in [9.17, 15) is 9.50 Å². The molecule has 0 bridgehead atoms. The maximum Gasteiger partial charge on any atom is 0.123 e. The highest BCUT2D eigenvalue weighted by Gasteiger charge is 2.30. The van der Waals surface area contributed by atoms with Gasteiger partial charge in [-0.2, -0.15) is 0 Å². The van der Waals surface area contributed by atoms with Gasteiger partial charge in [-0.05, 0) is 43.9 Å². The zero-order valence-corrected chi connectivity index (χ0v) is 11.0. The minimum atomic E-state index is -0.503. The molecule has 100 valence electrons. The van der Waals surface area contributed by atoms with E-state index in [4.69, 9.17) is 0 Å². The molecule has 1 aliphatic carbocycles. The zero-order valence-electron chi connectivity index (χ0n) is 11.0. The number of nitrogens with one attached hydrogen (secondary N) is 1. The van der Waals surface area contributed by atoms with E-state index in [1.54, 1.807) is 0 Å². The van der Waals surface area contributed by atoms with Gasteiger partial charge in [0.05, 0.1) is 5.60 Å². The molecule has 1 aromatic carbocycles. The Balaban J connectivity index is 1.78. The third-order valence-electron chi connectivity index (χ3n) is 3.77. The van der Waals surface area contributed by atoms with E-state index < -0.39 is 5.60 Å². The molecule has 0 aromatic heterocycles. The van der Waals surface area contributed by atoms with Crippen molar-refractivity contribution in [2.24, 2.45) is 0 Å². The van der Waals surface area contributed by atoms with Crippen molar-refractivity contribution in [3.8, 4) is 0 Å². The summed E-state index contributed by atoms with van der Waals surface area (Å²) < 4.78 is 12.8. The number of hydrogen-bond donors (Lipinski definition) is 2. The van der Waals surface area contributed by atoms with Crippen LogP contribution in [-0.2, 0) is 6.42 Å². The molecule has 2 nitrogen and oxygen atoms in total. The summed E-state index contributed by atoms with van der Waals surface area (Å²) in [7, 11) is 0. The monoisotopic (exact) mass is 251 g/mol. The molecule has 2 N–H and O–H groups in total. The summed E-state index contributed by atoms with van der Waals surface area (Å²) in [6, 6.07) is 6.91. The lowest BCUT2D eigenvalue weighted by Crippen LogP contribution is -2.42. The molecule has 0 spiro atoms. The van der Waals surface area contributed by atoms with Gasteiger partial charge in [-0.15, -0.1) is 0 Å². The van der Waals surface area contributed by atoms with Gasteiger partial charge in [0, 0.05) is 12.6 Å². The summed E-state index contributed by atoms with van der Waals surface area (Å²) in [5.74, 6) is -0.195. The molecule has 0 saturated heterocycles. The van der Waals surface area contributed by atoms with Gasteiger partial charge in [-0.1, -0.05) is 25.0 Å². The second-order valence-electron chi connectivity index (χ2n) is 5.54. The molecule has 1 aliphatic rings.